The lowest BCUT2D eigenvalue weighted by molar-refractivity contribution is 0.491. The van der Waals surface area contributed by atoms with Gasteiger partial charge in [0.05, 0.1) is 4.83 Å². The van der Waals surface area contributed by atoms with Crippen LogP contribution < -0.4 is 0 Å². The van der Waals surface area contributed by atoms with Crippen LogP contribution in [-0.2, 0) is 0 Å². The number of benzene rings is 2. The molecule has 0 aliphatic carbocycles. The summed E-state index contributed by atoms with van der Waals surface area (Å²) in [6, 6.07) is 6.94. The molecule has 0 fully saturated rings. The van der Waals surface area contributed by atoms with Gasteiger partial charge in [-0.25, -0.2) is 13.2 Å². The topological polar surface area (TPSA) is 0 Å². The van der Waals surface area contributed by atoms with Crippen molar-refractivity contribution in [3.05, 3.63) is 68.9 Å². The highest BCUT2D eigenvalue weighted by Gasteiger charge is 2.20. The van der Waals surface area contributed by atoms with Gasteiger partial charge in [-0.2, -0.15) is 0 Å². The summed E-state index contributed by atoms with van der Waals surface area (Å²) in [5.74, 6) is -3.04. The molecule has 0 saturated carbocycles. The molecule has 1 atom stereocenters. The monoisotopic (exact) mass is 392 g/mol. The molecule has 1 unspecified atom stereocenters. The van der Waals surface area contributed by atoms with E-state index in [1.807, 2.05) is 19.1 Å². The third kappa shape index (κ3) is 2.87. The summed E-state index contributed by atoms with van der Waals surface area (Å²) < 4.78 is 40.7. The molecule has 0 N–H and O–H groups in total. The second-order valence-electron chi connectivity index (χ2n) is 4.13. The van der Waals surface area contributed by atoms with Gasteiger partial charge in [-0.05, 0) is 24.1 Å². The number of rotatable bonds is 2. The van der Waals surface area contributed by atoms with Crippen molar-refractivity contribution < 1.29 is 13.2 Å². The average molecular weight is 394 g/mol. The Balaban J connectivity index is 2.53. The van der Waals surface area contributed by atoms with Crippen LogP contribution in [0.5, 0.6) is 0 Å². The van der Waals surface area contributed by atoms with Crippen LogP contribution >= 0.6 is 31.9 Å². The number of hydrogen-bond donors (Lipinski definition) is 0. The molecule has 19 heavy (non-hydrogen) atoms. The van der Waals surface area contributed by atoms with Crippen LogP contribution in [0.2, 0.25) is 0 Å². The van der Waals surface area contributed by atoms with Crippen LogP contribution in [-0.4, -0.2) is 0 Å². The Labute approximate surface area is 125 Å². The van der Waals surface area contributed by atoms with E-state index in [1.165, 1.54) is 0 Å². The fourth-order valence-corrected chi connectivity index (χ4v) is 3.30. The molecule has 100 valence electrons. The van der Waals surface area contributed by atoms with Crippen LogP contribution in [0.3, 0.4) is 0 Å². The third-order valence-electron chi connectivity index (χ3n) is 2.81. The van der Waals surface area contributed by atoms with Crippen molar-refractivity contribution in [3.8, 4) is 0 Å². The highest BCUT2D eigenvalue weighted by Crippen LogP contribution is 2.38. The Morgan fingerprint density at radius 2 is 1.58 bits per heavy atom. The molecule has 2 aromatic rings. The van der Waals surface area contributed by atoms with Crippen molar-refractivity contribution >= 4 is 31.9 Å². The average Bonchev–Trinajstić information content (AvgIpc) is 2.36. The van der Waals surface area contributed by atoms with Gasteiger partial charge in [-0.15, -0.1) is 0 Å². The molecule has 0 spiro atoms. The number of hydrogen-bond acceptors (Lipinski definition) is 0. The molecule has 0 amide bonds. The van der Waals surface area contributed by atoms with Gasteiger partial charge in [-0.3, -0.25) is 0 Å². The van der Waals surface area contributed by atoms with Crippen molar-refractivity contribution in [2.45, 2.75) is 11.8 Å². The molecule has 0 aliphatic heterocycles. The van der Waals surface area contributed by atoms with Crippen LogP contribution in [0.1, 0.15) is 21.5 Å². The van der Waals surface area contributed by atoms with E-state index in [9.17, 15) is 13.2 Å². The first-order valence-corrected chi connectivity index (χ1v) is 7.16. The molecule has 2 rings (SSSR count). The minimum Gasteiger partial charge on any atom is -0.207 e. The predicted octanol–water partition coefficient (Wildman–Crippen LogP) is 5.66. The predicted molar refractivity (Wildman–Crippen MR) is 76.0 cm³/mol. The molecule has 0 saturated heterocycles. The molecule has 0 radical (unpaired) electrons. The van der Waals surface area contributed by atoms with E-state index in [2.05, 4.69) is 31.9 Å². The van der Waals surface area contributed by atoms with Crippen molar-refractivity contribution in [2.24, 2.45) is 0 Å². The van der Waals surface area contributed by atoms with Gasteiger partial charge in [0, 0.05) is 16.1 Å². The molecule has 0 bridgehead atoms. The molecule has 0 nitrogen and oxygen atoms in total. The standard InChI is InChI=1S/C14H9Br2F3/c1-7-3-2-4-8(13(7)15)14(16)9-5-11(18)12(19)6-10(9)17/h2-6,14H,1H3. The Morgan fingerprint density at radius 1 is 0.947 bits per heavy atom. The van der Waals surface area contributed by atoms with E-state index >= 15 is 0 Å². The van der Waals surface area contributed by atoms with Crippen LogP contribution in [0.25, 0.3) is 0 Å². The zero-order valence-electron chi connectivity index (χ0n) is 9.85. The lowest BCUT2D eigenvalue weighted by Gasteiger charge is -2.15. The van der Waals surface area contributed by atoms with E-state index in [0.29, 0.717) is 6.07 Å². The van der Waals surface area contributed by atoms with E-state index in [1.54, 1.807) is 6.07 Å². The highest BCUT2D eigenvalue weighted by molar-refractivity contribution is 9.11. The normalized spacial score (nSPS) is 12.5. The van der Waals surface area contributed by atoms with Crippen molar-refractivity contribution in [2.75, 3.05) is 0 Å². The summed E-state index contributed by atoms with van der Waals surface area (Å²) >= 11 is 6.74. The molecular formula is C14H9Br2F3. The van der Waals surface area contributed by atoms with Gasteiger partial charge in [0.1, 0.15) is 5.82 Å². The van der Waals surface area contributed by atoms with Crippen molar-refractivity contribution in [1.29, 1.82) is 0 Å². The molecular weight excluding hydrogens is 385 g/mol. The fourth-order valence-electron chi connectivity index (χ4n) is 1.77. The summed E-state index contributed by atoms with van der Waals surface area (Å²) in [6.45, 7) is 1.90. The molecule has 0 aromatic heterocycles. The third-order valence-corrected chi connectivity index (χ3v) is 4.88. The maximum atomic E-state index is 13.7. The quantitative estimate of drug-likeness (QED) is 0.456. The Morgan fingerprint density at radius 3 is 2.26 bits per heavy atom. The summed E-state index contributed by atoms with van der Waals surface area (Å²) in [5.41, 5.74) is 1.79. The first-order valence-electron chi connectivity index (χ1n) is 5.45. The van der Waals surface area contributed by atoms with E-state index in [-0.39, 0.29) is 5.56 Å². The van der Waals surface area contributed by atoms with Gasteiger partial charge >= 0.3 is 0 Å². The second-order valence-corrected chi connectivity index (χ2v) is 5.84. The van der Waals surface area contributed by atoms with Crippen molar-refractivity contribution in [1.82, 2.24) is 0 Å². The zero-order valence-corrected chi connectivity index (χ0v) is 13.0. The van der Waals surface area contributed by atoms with Crippen LogP contribution in [0, 0.1) is 24.4 Å². The van der Waals surface area contributed by atoms with Gasteiger partial charge in [0.15, 0.2) is 11.6 Å². The highest BCUT2D eigenvalue weighted by atomic mass is 79.9. The molecule has 5 heteroatoms. The van der Waals surface area contributed by atoms with E-state index in [0.717, 1.165) is 21.7 Å². The maximum absolute atomic E-state index is 13.7. The first kappa shape index (κ1) is 14.6. The summed E-state index contributed by atoms with van der Waals surface area (Å²) in [4.78, 5) is -0.558. The summed E-state index contributed by atoms with van der Waals surface area (Å²) in [5, 5.41) is 0. The van der Waals surface area contributed by atoms with Crippen molar-refractivity contribution in [3.63, 3.8) is 0 Å². The largest absolute Gasteiger partial charge is 0.207 e. The van der Waals surface area contributed by atoms with E-state index in [4.69, 9.17) is 0 Å². The van der Waals surface area contributed by atoms with Gasteiger partial charge in [0.2, 0.25) is 0 Å². The lowest BCUT2D eigenvalue weighted by Crippen LogP contribution is -2.01. The van der Waals surface area contributed by atoms with Gasteiger partial charge in [-0.1, -0.05) is 50.1 Å². The fraction of sp³-hybridized carbons (Fsp3) is 0.143. The minimum absolute atomic E-state index is 0.0604. The summed E-state index contributed by atoms with van der Waals surface area (Å²) in [7, 11) is 0. The van der Waals surface area contributed by atoms with Crippen LogP contribution in [0.15, 0.2) is 34.8 Å². The molecule has 2 aromatic carbocycles. The van der Waals surface area contributed by atoms with E-state index < -0.39 is 22.3 Å². The lowest BCUT2D eigenvalue weighted by atomic mass is 10.0. The smallest absolute Gasteiger partial charge is 0.161 e. The summed E-state index contributed by atoms with van der Waals surface area (Å²) in [6.07, 6.45) is 0. The molecule has 0 heterocycles. The Kier molecular flexibility index (Phi) is 4.36. The second kappa shape index (κ2) is 5.67. The SMILES string of the molecule is Cc1cccc(C(Br)c2cc(F)c(F)cc2F)c1Br. The maximum Gasteiger partial charge on any atom is 0.161 e. The Hall–Kier alpha value is -0.810. The van der Waals surface area contributed by atoms with Gasteiger partial charge in [0.25, 0.3) is 0 Å². The molecule has 0 aliphatic rings. The minimum atomic E-state index is -1.19. The zero-order chi connectivity index (χ0) is 14.2. The first-order chi connectivity index (χ1) is 8.91. The van der Waals surface area contributed by atoms with Crippen LogP contribution in [0.4, 0.5) is 13.2 Å². The number of alkyl halides is 1. The number of aryl methyl sites for hydroxylation is 1. The number of halogens is 5. The Bertz CT molecular complexity index is 626. The van der Waals surface area contributed by atoms with Gasteiger partial charge < -0.3 is 0 Å².